The first-order chi connectivity index (χ1) is 22.6. The summed E-state index contributed by atoms with van der Waals surface area (Å²) in [6.45, 7) is 5.18. The van der Waals surface area contributed by atoms with Crippen molar-refractivity contribution in [1.29, 1.82) is 0 Å². The first-order valence-electron chi connectivity index (χ1n) is 15.5. The maximum absolute atomic E-state index is 5.64. The Kier molecular flexibility index (Phi) is 8.37. The molecule has 0 bridgehead atoms. The minimum absolute atomic E-state index is 0.476. The van der Waals surface area contributed by atoms with Crippen LogP contribution < -0.4 is 24.3 Å². The van der Waals surface area contributed by atoms with Gasteiger partial charge in [0.05, 0.1) is 34.7 Å². The van der Waals surface area contributed by atoms with E-state index in [4.69, 9.17) is 38.4 Å². The number of furan rings is 1. The topological polar surface area (TPSA) is 112 Å². The Morgan fingerprint density at radius 2 is 1.70 bits per heavy atom. The van der Waals surface area contributed by atoms with Gasteiger partial charge in [-0.3, -0.25) is 9.80 Å². The second kappa shape index (κ2) is 12.9. The fraction of sp³-hybridized carbons (Fsp3) is 0.382. The Hall–Kier alpha value is -4.81. The summed E-state index contributed by atoms with van der Waals surface area (Å²) in [6, 6.07) is 14.3. The van der Waals surface area contributed by atoms with E-state index in [1.807, 2.05) is 36.5 Å². The molecule has 12 heteroatoms. The first-order valence-corrected chi connectivity index (χ1v) is 15.5. The Morgan fingerprint density at radius 3 is 2.46 bits per heavy atom. The summed E-state index contributed by atoms with van der Waals surface area (Å²) in [5, 5.41) is 8.23. The van der Waals surface area contributed by atoms with Crippen LogP contribution in [0.25, 0.3) is 17.2 Å². The summed E-state index contributed by atoms with van der Waals surface area (Å²) in [6.07, 6.45) is 5.66. The summed E-state index contributed by atoms with van der Waals surface area (Å²) >= 11 is 0. The molecule has 0 amide bonds. The van der Waals surface area contributed by atoms with Crippen LogP contribution in [0.2, 0.25) is 0 Å². The molecular weight excluding hydrogens is 586 g/mol. The first kappa shape index (κ1) is 29.9. The van der Waals surface area contributed by atoms with Crippen LogP contribution in [0.15, 0.2) is 59.3 Å². The zero-order valence-electron chi connectivity index (χ0n) is 26.7. The normalized spacial score (nSPS) is 16.8. The summed E-state index contributed by atoms with van der Waals surface area (Å²) < 4.78 is 29.4. The molecule has 5 aromatic rings. The van der Waals surface area contributed by atoms with Gasteiger partial charge < -0.3 is 28.7 Å². The molecule has 240 valence electrons. The van der Waals surface area contributed by atoms with Gasteiger partial charge in [0, 0.05) is 57.1 Å². The number of rotatable bonds is 11. The largest absolute Gasteiger partial charge is 0.493 e. The van der Waals surface area contributed by atoms with Crippen molar-refractivity contribution < 1.29 is 23.4 Å². The molecule has 7 rings (SSSR count). The SMILES string of the molecule is COc1ccc(CNc2ncc(CN3CCC(N4CCc5cc(OC)c(OC)cc5C4)C3)c3nc(-c4ccco4)nn23)cc1OC. The molecule has 1 saturated heterocycles. The highest BCUT2D eigenvalue weighted by Gasteiger charge is 2.31. The number of fused-ring (bicyclic) bond motifs is 2. The van der Waals surface area contributed by atoms with Crippen molar-refractivity contribution >= 4 is 11.6 Å². The third-order valence-electron chi connectivity index (χ3n) is 8.98. The number of hydrogen-bond donors (Lipinski definition) is 1. The molecule has 2 aliphatic heterocycles. The van der Waals surface area contributed by atoms with Crippen molar-refractivity contribution in [2.75, 3.05) is 53.4 Å². The van der Waals surface area contributed by atoms with E-state index in [9.17, 15) is 0 Å². The lowest BCUT2D eigenvalue weighted by atomic mass is 9.97. The van der Waals surface area contributed by atoms with E-state index in [2.05, 4.69) is 27.2 Å². The summed E-state index contributed by atoms with van der Waals surface area (Å²) in [5.74, 6) is 4.67. The molecule has 1 N–H and O–H groups in total. The minimum Gasteiger partial charge on any atom is -0.493 e. The standard InChI is InChI=1S/C34H39N7O5/c1-42-27-8-7-22(14-29(27)43-2)17-35-34-36-18-25(33-37-32(38-41(33)34)28-6-5-13-46-28)19-39-11-10-26(21-39)40-12-9-23-15-30(44-3)31(45-4)16-24(23)20-40/h5-8,13-16,18,26H,9-12,17,19-21H2,1-4H3,(H,35,36). The van der Waals surface area contributed by atoms with Gasteiger partial charge >= 0.3 is 0 Å². The molecule has 1 unspecified atom stereocenters. The molecule has 46 heavy (non-hydrogen) atoms. The van der Waals surface area contributed by atoms with Gasteiger partial charge in [-0.25, -0.2) is 9.97 Å². The second-order valence-corrected chi connectivity index (χ2v) is 11.7. The molecule has 5 heterocycles. The van der Waals surface area contributed by atoms with Crippen molar-refractivity contribution in [3.63, 3.8) is 0 Å². The highest BCUT2D eigenvalue weighted by molar-refractivity contribution is 5.58. The van der Waals surface area contributed by atoms with E-state index in [0.29, 0.717) is 41.6 Å². The molecular formula is C34H39N7O5. The average Bonchev–Trinajstić information content (AvgIpc) is 3.88. The maximum atomic E-state index is 5.64. The molecule has 0 aliphatic carbocycles. The van der Waals surface area contributed by atoms with Crippen LogP contribution in [0, 0.1) is 0 Å². The average molecular weight is 626 g/mol. The Labute approximate surface area is 267 Å². The number of hydrogen-bond acceptors (Lipinski definition) is 11. The number of ether oxygens (including phenoxy) is 4. The molecule has 0 saturated carbocycles. The van der Waals surface area contributed by atoms with Crippen molar-refractivity contribution in [2.45, 2.75) is 38.5 Å². The smallest absolute Gasteiger partial charge is 0.226 e. The highest BCUT2D eigenvalue weighted by Crippen LogP contribution is 2.35. The van der Waals surface area contributed by atoms with E-state index in [0.717, 1.165) is 73.8 Å². The van der Waals surface area contributed by atoms with Crippen LogP contribution in [-0.4, -0.2) is 83.5 Å². The van der Waals surface area contributed by atoms with Crippen LogP contribution in [-0.2, 0) is 26.1 Å². The summed E-state index contributed by atoms with van der Waals surface area (Å²) in [4.78, 5) is 14.8. The number of nitrogens with one attached hydrogen (secondary N) is 1. The lowest BCUT2D eigenvalue weighted by Gasteiger charge is -2.34. The van der Waals surface area contributed by atoms with Crippen LogP contribution in [0.4, 0.5) is 5.95 Å². The van der Waals surface area contributed by atoms with E-state index >= 15 is 0 Å². The third kappa shape index (κ3) is 5.81. The lowest BCUT2D eigenvalue weighted by Crippen LogP contribution is -2.40. The van der Waals surface area contributed by atoms with E-state index < -0.39 is 0 Å². The van der Waals surface area contributed by atoms with Crippen molar-refractivity contribution in [3.05, 3.63) is 77.2 Å². The van der Waals surface area contributed by atoms with Crippen molar-refractivity contribution in [3.8, 4) is 34.6 Å². The maximum Gasteiger partial charge on any atom is 0.226 e. The van der Waals surface area contributed by atoms with Crippen LogP contribution in [0.5, 0.6) is 23.0 Å². The van der Waals surface area contributed by atoms with Crippen molar-refractivity contribution in [2.24, 2.45) is 0 Å². The fourth-order valence-electron chi connectivity index (χ4n) is 6.54. The molecule has 0 radical (unpaired) electrons. The predicted octanol–water partition coefficient (Wildman–Crippen LogP) is 4.66. The Bertz CT molecular complexity index is 1820. The lowest BCUT2D eigenvalue weighted by molar-refractivity contribution is 0.174. The molecule has 12 nitrogen and oxygen atoms in total. The highest BCUT2D eigenvalue weighted by atomic mass is 16.5. The van der Waals surface area contributed by atoms with Crippen molar-refractivity contribution in [1.82, 2.24) is 29.4 Å². The molecule has 0 spiro atoms. The minimum atomic E-state index is 0.476. The number of nitrogens with zero attached hydrogens (tertiary/aromatic N) is 6. The third-order valence-corrected chi connectivity index (χ3v) is 8.98. The zero-order chi connectivity index (χ0) is 31.6. The Morgan fingerprint density at radius 1 is 0.913 bits per heavy atom. The van der Waals surface area contributed by atoms with Gasteiger partial charge in [0.2, 0.25) is 11.8 Å². The fourth-order valence-corrected chi connectivity index (χ4v) is 6.54. The number of likely N-dealkylation sites (tertiary alicyclic amines) is 1. The predicted molar refractivity (Wildman–Crippen MR) is 173 cm³/mol. The zero-order valence-corrected chi connectivity index (χ0v) is 26.7. The number of anilines is 1. The van der Waals surface area contributed by atoms with Gasteiger partial charge in [-0.05, 0) is 65.9 Å². The second-order valence-electron chi connectivity index (χ2n) is 11.7. The molecule has 3 aromatic heterocycles. The van der Waals surface area contributed by atoms with Crippen LogP contribution >= 0.6 is 0 Å². The monoisotopic (exact) mass is 625 g/mol. The number of aromatic nitrogens is 4. The summed E-state index contributed by atoms with van der Waals surface area (Å²) in [5.41, 5.74) is 5.45. The number of methoxy groups -OCH3 is 4. The van der Waals surface area contributed by atoms with Gasteiger partial charge in [0.25, 0.3) is 0 Å². The van der Waals surface area contributed by atoms with Gasteiger partial charge in [-0.15, -0.1) is 5.10 Å². The summed E-state index contributed by atoms with van der Waals surface area (Å²) in [7, 11) is 6.65. The molecule has 1 fully saturated rings. The van der Waals surface area contributed by atoms with Crippen LogP contribution in [0.1, 0.15) is 28.7 Å². The number of benzene rings is 2. The molecule has 2 aromatic carbocycles. The van der Waals surface area contributed by atoms with Crippen LogP contribution in [0.3, 0.4) is 0 Å². The van der Waals surface area contributed by atoms with Gasteiger partial charge in [0.15, 0.2) is 34.4 Å². The van der Waals surface area contributed by atoms with E-state index in [-0.39, 0.29) is 0 Å². The van der Waals surface area contributed by atoms with Gasteiger partial charge in [-0.1, -0.05) is 6.07 Å². The quantitative estimate of drug-likeness (QED) is 0.221. The molecule has 1 atom stereocenters. The van der Waals surface area contributed by atoms with Gasteiger partial charge in [-0.2, -0.15) is 4.52 Å². The van der Waals surface area contributed by atoms with Gasteiger partial charge in [0.1, 0.15) is 0 Å². The van der Waals surface area contributed by atoms with E-state index in [1.54, 1.807) is 39.2 Å². The van der Waals surface area contributed by atoms with E-state index in [1.165, 1.54) is 11.1 Å². The Balaban J connectivity index is 1.08. The molecule has 2 aliphatic rings.